The number of nitrogen functional groups attached to an aromatic ring is 1. The number of aromatic nitrogens is 5. The molecule has 32 heavy (non-hydrogen) atoms. The number of anilines is 1. The predicted octanol–water partition coefficient (Wildman–Crippen LogP) is 4.59. The van der Waals surface area contributed by atoms with E-state index >= 15 is 0 Å². The van der Waals surface area contributed by atoms with Crippen molar-refractivity contribution < 1.29 is 13.6 Å². The first-order chi connectivity index (χ1) is 15.4. The minimum atomic E-state index is -3.39. The van der Waals surface area contributed by atoms with Crippen molar-refractivity contribution in [1.29, 1.82) is 0 Å². The van der Waals surface area contributed by atoms with Crippen LogP contribution in [0.15, 0.2) is 34.0 Å². The lowest BCUT2D eigenvalue weighted by Gasteiger charge is -2.18. The highest BCUT2D eigenvalue weighted by Crippen LogP contribution is 2.43. The van der Waals surface area contributed by atoms with Gasteiger partial charge in [0.1, 0.15) is 6.33 Å². The topological polar surface area (TPSA) is 130 Å². The van der Waals surface area contributed by atoms with Crippen LogP contribution in [0.4, 0.5) is 5.82 Å². The van der Waals surface area contributed by atoms with Gasteiger partial charge in [-0.15, -0.1) is 11.3 Å². The first-order valence-corrected chi connectivity index (χ1v) is 13.3. The molecule has 0 saturated carbocycles. The van der Waals surface area contributed by atoms with Gasteiger partial charge in [-0.05, 0) is 37.7 Å². The summed E-state index contributed by atoms with van der Waals surface area (Å²) >= 11 is 9.16. The lowest BCUT2D eigenvalue weighted by atomic mass is 10.3. The Labute approximate surface area is 197 Å². The van der Waals surface area contributed by atoms with Crippen molar-refractivity contribution in [3.63, 3.8) is 0 Å². The SMILES string of the molecule is CCOP(=O)(NCCn1c(Sc2nc3cccc(Cl)c3s2)nc2c(N)ncnc21)OCC. The molecule has 0 bridgehead atoms. The summed E-state index contributed by atoms with van der Waals surface area (Å²) in [5.74, 6) is 0.283. The maximum Gasteiger partial charge on any atom is 0.405 e. The van der Waals surface area contributed by atoms with Crippen LogP contribution in [-0.4, -0.2) is 44.3 Å². The average Bonchev–Trinajstić information content (AvgIpc) is 3.32. The number of nitrogens with two attached hydrogens (primary N) is 1. The highest BCUT2D eigenvalue weighted by atomic mass is 35.5. The zero-order valence-electron chi connectivity index (χ0n) is 17.3. The van der Waals surface area contributed by atoms with Crippen molar-refractivity contribution in [3.8, 4) is 0 Å². The first kappa shape index (κ1) is 23.4. The number of benzene rings is 1. The van der Waals surface area contributed by atoms with E-state index in [0.29, 0.717) is 34.4 Å². The van der Waals surface area contributed by atoms with Crippen molar-refractivity contribution in [2.24, 2.45) is 0 Å². The molecule has 4 aromatic rings. The van der Waals surface area contributed by atoms with E-state index in [1.54, 1.807) is 13.8 Å². The molecule has 4 rings (SSSR count). The molecular formula is C18H21ClN7O3PS2. The molecule has 0 atom stereocenters. The van der Waals surface area contributed by atoms with Gasteiger partial charge in [-0.2, -0.15) is 0 Å². The molecular weight excluding hydrogens is 493 g/mol. The maximum atomic E-state index is 12.7. The molecule has 0 unspecified atom stereocenters. The number of hydrogen-bond acceptors (Lipinski definition) is 10. The summed E-state index contributed by atoms with van der Waals surface area (Å²) in [5.41, 5.74) is 7.91. The van der Waals surface area contributed by atoms with Gasteiger partial charge in [-0.3, -0.25) is 9.05 Å². The number of nitrogens with one attached hydrogen (secondary N) is 1. The van der Waals surface area contributed by atoms with E-state index < -0.39 is 7.75 Å². The van der Waals surface area contributed by atoms with Gasteiger partial charge < -0.3 is 10.3 Å². The van der Waals surface area contributed by atoms with Gasteiger partial charge in [-0.1, -0.05) is 17.7 Å². The number of rotatable bonds is 10. The Hall–Kier alpha value is -1.79. The largest absolute Gasteiger partial charge is 0.405 e. The van der Waals surface area contributed by atoms with Crippen molar-refractivity contribution in [3.05, 3.63) is 29.5 Å². The van der Waals surface area contributed by atoms with Gasteiger partial charge in [0.05, 0.1) is 28.5 Å². The zero-order chi connectivity index (χ0) is 22.7. The standard InChI is InChI=1S/C18H21ClN7O3PS2/c1-3-28-30(27,29-4-2)23-8-9-26-16-13(15(20)21-10-22-16)25-17(26)32-18-24-12-7-5-6-11(19)14(12)31-18/h5-7,10H,3-4,8-9H2,1-2H3,(H,23,27)(H2,20,21,22). The molecule has 0 aliphatic carbocycles. The summed E-state index contributed by atoms with van der Waals surface area (Å²) < 4.78 is 26.9. The Morgan fingerprint density at radius 1 is 1.25 bits per heavy atom. The van der Waals surface area contributed by atoms with Crippen LogP contribution in [0, 0.1) is 0 Å². The maximum absolute atomic E-state index is 12.7. The van der Waals surface area contributed by atoms with Crippen molar-refractivity contribution in [1.82, 2.24) is 29.6 Å². The third kappa shape index (κ3) is 4.91. The summed E-state index contributed by atoms with van der Waals surface area (Å²) in [6, 6.07) is 5.62. The lowest BCUT2D eigenvalue weighted by molar-refractivity contribution is 0.210. The normalized spacial score (nSPS) is 12.2. The first-order valence-electron chi connectivity index (χ1n) is 9.78. The highest BCUT2D eigenvalue weighted by Gasteiger charge is 2.24. The Balaban J connectivity index is 1.63. The third-order valence-electron chi connectivity index (χ3n) is 4.29. The summed E-state index contributed by atoms with van der Waals surface area (Å²) in [7, 11) is -3.39. The van der Waals surface area contributed by atoms with E-state index in [0.717, 1.165) is 14.6 Å². The molecule has 3 aromatic heterocycles. The fourth-order valence-electron chi connectivity index (χ4n) is 3.00. The van der Waals surface area contributed by atoms with Gasteiger partial charge in [-0.25, -0.2) is 29.6 Å². The van der Waals surface area contributed by atoms with E-state index in [1.807, 2.05) is 22.8 Å². The van der Waals surface area contributed by atoms with E-state index in [4.69, 9.17) is 26.4 Å². The molecule has 0 amide bonds. The number of imidazole rings is 1. The third-order valence-corrected chi connectivity index (χ3v) is 8.68. The van der Waals surface area contributed by atoms with Crippen LogP contribution in [0.2, 0.25) is 5.02 Å². The molecule has 3 heterocycles. The smallest absolute Gasteiger partial charge is 0.382 e. The summed E-state index contributed by atoms with van der Waals surface area (Å²) in [5, 5.41) is 4.17. The minimum Gasteiger partial charge on any atom is -0.382 e. The molecule has 0 aliphatic heterocycles. The van der Waals surface area contributed by atoms with Crippen LogP contribution < -0.4 is 10.8 Å². The molecule has 14 heteroatoms. The number of thiazole rings is 1. The second-order valence-corrected chi connectivity index (χ2v) is 10.8. The summed E-state index contributed by atoms with van der Waals surface area (Å²) in [6.45, 7) is 4.74. The summed E-state index contributed by atoms with van der Waals surface area (Å²) in [4.78, 5) is 17.7. The molecule has 0 saturated heterocycles. The van der Waals surface area contributed by atoms with Gasteiger partial charge in [0.15, 0.2) is 26.5 Å². The molecule has 10 nitrogen and oxygen atoms in total. The Bertz CT molecular complexity index is 1290. The van der Waals surface area contributed by atoms with E-state index in [9.17, 15) is 4.57 Å². The van der Waals surface area contributed by atoms with Crippen molar-refractivity contribution in [2.75, 3.05) is 25.5 Å². The average molecular weight is 514 g/mol. The van der Waals surface area contributed by atoms with Crippen molar-refractivity contribution >= 4 is 69.6 Å². The van der Waals surface area contributed by atoms with Crippen LogP contribution in [-0.2, 0) is 20.2 Å². The van der Waals surface area contributed by atoms with Gasteiger partial charge >= 0.3 is 7.75 Å². The molecule has 1 aromatic carbocycles. The molecule has 0 radical (unpaired) electrons. The number of halogens is 1. The zero-order valence-corrected chi connectivity index (χ0v) is 20.6. The fourth-order valence-corrected chi connectivity index (χ4v) is 6.66. The van der Waals surface area contributed by atoms with Crippen LogP contribution in [0.5, 0.6) is 0 Å². The van der Waals surface area contributed by atoms with Gasteiger partial charge in [0.2, 0.25) is 0 Å². The van der Waals surface area contributed by atoms with Crippen LogP contribution in [0.1, 0.15) is 13.8 Å². The van der Waals surface area contributed by atoms with E-state index in [-0.39, 0.29) is 19.0 Å². The lowest BCUT2D eigenvalue weighted by Crippen LogP contribution is -2.20. The summed E-state index contributed by atoms with van der Waals surface area (Å²) in [6.07, 6.45) is 1.39. The molecule has 3 N–H and O–H groups in total. The molecule has 0 spiro atoms. The highest BCUT2D eigenvalue weighted by molar-refractivity contribution is 8.01. The van der Waals surface area contributed by atoms with Gasteiger partial charge in [0.25, 0.3) is 0 Å². The quantitative estimate of drug-likeness (QED) is 0.290. The second kappa shape index (κ2) is 10.0. The number of hydrogen-bond donors (Lipinski definition) is 2. The molecule has 170 valence electrons. The van der Waals surface area contributed by atoms with Gasteiger partial charge in [0, 0.05) is 13.1 Å². The Kier molecular flexibility index (Phi) is 7.30. The van der Waals surface area contributed by atoms with Crippen LogP contribution in [0.25, 0.3) is 21.4 Å². The molecule has 0 fully saturated rings. The minimum absolute atomic E-state index is 0.267. The number of fused-ring (bicyclic) bond motifs is 2. The van der Waals surface area contributed by atoms with Crippen LogP contribution >= 0.6 is 42.4 Å². The molecule has 0 aliphatic rings. The van der Waals surface area contributed by atoms with E-state index in [1.165, 1.54) is 29.4 Å². The Morgan fingerprint density at radius 2 is 2.03 bits per heavy atom. The second-order valence-electron chi connectivity index (χ2n) is 6.39. The Morgan fingerprint density at radius 3 is 2.75 bits per heavy atom. The number of nitrogens with zero attached hydrogens (tertiary/aromatic N) is 5. The van der Waals surface area contributed by atoms with E-state index in [2.05, 4.69) is 25.0 Å². The monoisotopic (exact) mass is 513 g/mol. The van der Waals surface area contributed by atoms with Crippen molar-refractivity contribution in [2.45, 2.75) is 29.9 Å². The fraction of sp³-hybridized carbons (Fsp3) is 0.333. The van der Waals surface area contributed by atoms with Crippen LogP contribution in [0.3, 0.4) is 0 Å². The predicted molar refractivity (Wildman–Crippen MR) is 127 cm³/mol.